The molecule has 0 amide bonds. The highest BCUT2D eigenvalue weighted by Gasteiger charge is 2.11. The van der Waals surface area contributed by atoms with Crippen LogP contribution in [0.4, 0.5) is 0 Å². The number of aliphatic hydroxyl groups is 1. The van der Waals surface area contributed by atoms with E-state index in [1.54, 1.807) is 28.9 Å². The molecular weight excluding hydrogens is 206 g/mol. The van der Waals surface area contributed by atoms with E-state index in [0.717, 1.165) is 17.8 Å². The summed E-state index contributed by atoms with van der Waals surface area (Å²) in [6.45, 7) is 1.87. The third-order valence-corrected chi connectivity index (χ3v) is 2.42. The van der Waals surface area contributed by atoms with Crippen LogP contribution >= 0.6 is 0 Å². The van der Waals surface area contributed by atoms with Crippen molar-refractivity contribution in [3.8, 4) is 11.4 Å². The van der Waals surface area contributed by atoms with Gasteiger partial charge in [0.2, 0.25) is 0 Å². The lowest BCUT2D eigenvalue weighted by Gasteiger charge is -2.05. The Kier molecular flexibility index (Phi) is 2.87. The minimum atomic E-state index is -0.110. The molecule has 0 fully saturated rings. The van der Waals surface area contributed by atoms with Gasteiger partial charge in [0.25, 0.3) is 0 Å². The third-order valence-electron chi connectivity index (χ3n) is 2.42. The molecule has 0 saturated heterocycles. The van der Waals surface area contributed by atoms with Gasteiger partial charge in [-0.2, -0.15) is 0 Å². The molecule has 0 aliphatic carbocycles. The lowest BCUT2D eigenvalue weighted by atomic mass is 10.2. The predicted molar refractivity (Wildman–Crippen MR) is 58.3 cm³/mol. The van der Waals surface area contributed by atoms with Crippen molar-refractivity contribution in [2.75, 3.05) is 0 Å². The molecule has 0 bridgehead atoms. The van der Waals surface area contributed by atoms with E-state index < -0.39 is 0 Å². The number of phenolic OH excluding ortho intramolecular Hbond substituents is 1. The molecule has 0 spiro atoms. The lowest BCUT2D eigenvalue weighted by molar-refractivity contribution is 0.275. The van der Waals surface area contributed by atoms with Crippen molar-refractivity contribution in [2.24, 2.45) is 0 Å². The molecular formula is C11H13N3O2. The van der Waals surface area contributed by atoms with Crippen molar-refractivity contribution >= 4 is 0 Å². The van der Waals surface area contributed by atoms with Gasteiger partial charge in [-0.15, -0.1) is 5.10 Å². The monoisotopic (exact) mass is 219 g/mol. The van der Waals surface area contributed by atoms with E-state index >= 15 is 0 Å². The average molecular weight is 219 g/mol. The van der Waals surface area contributed by atoms with Crippen molar-refractivity contribution in [1.29, 1.82) is 0 Å². The highest BCUT2D eigenvalue weighted by atomic mass is 16.3. The molecule has 2 aromatic rings. The molecule has 84 valence electrons. The van der Waals surface area contributed by atoms with Crippen molar-refractivity contribution in [3.05, 3.63) is 35.7 Å². The predicted octanol–water partition coefficient (Wildman–Crippen LogP) is 1.03. The second-order valence-electron chi connectivity index (χ2n) is 3.42. The number of hydrogen-bond donors (Lipinski definition) is 2. The third kappa shape index (κ3) is 1.77. The van der Waals surface area contributed by atoms with Gasteiger partial charge in [-0.05, 0) is 30.7 Å². The first kappa shape index (κ1) is 10.6. The second-order valence-corrected chi connectivity index (χ2v) is 3.42. The first-order chi connectivity index (χ1) is 7.76. The van der Waals surface area contributed by atoms with Gasteiger partial charge in [-0.1, -0.05) is 12.1 Å². The van der Waals surface area contributed by atoms with Crippen LogP contribution in [0.5, 0.6) is 5.75 Å². The second kappa shape index (κ2) is 4.32. The molecule has 2 N–H and O–H groups in total. The zero-order valence-corrected chi connectivity index (χ0v) is 8.96. The van der Waals surface area contributed by atoms with Gasteiger partial charge in [-0.25, -0.2) is 4.68 Å². The number of benzene rings is 1. The Hall–Kier alpha value is -1.88. The van der Waals surface area contributed by atoms with Gasteiger partial charge in [-0.3, -0.25) is 0 Å². The molecule has 16 heavy (non-hydrogen) atoms. The van der Waals surface area contributed by atoms with Crippen molar-refractivity contribution in [2.45, 2.75) is 20.0 Å². The quantitative estimate of drug-likeness (QED) is 0.808. The molecule has 0 atom stereocenters. The number of aliphatic hydroxyl groups excluding tert-OH is 1. The molecule has 1 heterocycles. The molecule has 0 aliphatic heterocycles. The van der Waals surface area contributed by atoms with Crippen LogP contribution in [0, 0.1) is 0 Å². The van der Waals surface area contributed by atoms with Crippen LogP contribution in [0.3, 0.4) is 0 Å². The Labute approximate surface area is 93.0 Å². The Morgan fingerprint density at radius 3 is 2.50 bits per heavy atom. The number of rotatable bonds is 3. The minimum Gasteiger partial charge on any atom is -0.508 e. The maximum Gasteiger partial charge on any atom is 0.115 e. The number of aromatic hydroxyl groups is 1. The average Bonchev–Trinajstić information content (AvgIpc) is 2.72. The topological polar surface area (TPSA) is 71.2 Å². The van der Waals surface area contributed by atoms with E-state index in [9.17, 15) is 5.11 Å². The fourth-order valence-electron chi connectivity index (χ4n) is 1.61. The summed E-state index contributed by atoms with van der Waals surface area (Å²) in [4.78, 5) is 0. The number of nitrogens with zero attached hydrogens (tertiary/aromatic N) is 3. The Balaban J connectivity index is 2.47. The maximum atomic E-state index is 9.20. The number of hydrogen-bond acceptors (Lipinski definition) is 4. The van der Waals surface area contributed by atoms with Crippen LogP contribution in [0.1, 0.15) is 18.3 Å². The molecule has 1 aromatic carbocycles. The highest BCUT2D eigenvalue weighted by molar-refractivity contribution is 5.37. The zero-order valence-electron chi connectivity index (χ0n) is 8.96. The molecule has 0 radical (unpaired) electrons. The fourth-order valence-corrected chi connectivity index (χ4v) is 1.61. The summed E-state index contributed by atoms with van der Waals surface area (Å²) in [7, 11) is 0. The summed E-state index contributed by atoms with van der Waals surface area (Å²) in [5, 5.41) is 26.2. The first-order valence-electron chi connectivity index (χ1n) is 5.10. The maximum absolute atomic E-state index is 9.20. The van der Waals surface area contributed by atoms with E-state index in [2.05, 4.69) is 10.3 Å². The van der Waals surface area contributed by atoms with Gasteiger partial charge in [0.15, 0.2) is 0 Å². The summed E-state index contributed by atoms with van der Waals surface area (Å²) >= 11 is 0. The number of aromatic nitrogens is 3. The summed E-state index contributed by atoms with van der Waals surface area (Å²) in [5.74, 6) is 0.212. The summed E-state index contributed by atoms with van der Waals surface area (Å²) < 4.78 is 1.67. The Morgan fingerprint density at radius 1 is 1.25 bits per heavy atom. The van der Waals surface area contributed by atoms with Gasteiger partial charge in [0.1, 0.15) is 11.4 Å². The van der Waals surface area contributed by atoms with E-state index in [1.807, 2.05) is 6.92 Å². The van der Waals surface area contributed by atoms with Gasteiger partial charge in [0.05, 0.1) is 18.0 Å². The molecule has 0 saturated carbocycles. The molecule has 2 rings (SSSR count). The van der Waals surface area contributed by atoms with Crippen LogP contribution < -0.4 is 0 Å². The Morgan fingerprint density at radius 2 is 1.94 bits per heavy atom. The normalized spacial score (nSPS) is 10.6. The zero-order chi connectivity index (χ0) is 11.5. The summed E-state index contributed by atoms with van der Waals surface area (Å²) in [6, 6.07) is 6.69. The van der Waals surface area contributed by atoms with E-state index in [-0.39, 0.29) is 12.4 Å². The fraction of sp³-hybridized carbons (Fsp3) is 0.273. The SMILES string of the molecule is CCc1c(CO)nnn1-c1ccc(O)cc1. The summed E-state index contributed by atoms with van der Waals surface area (Å²) in [6.07, 6.45) is 0.740. The van der Waals surface area contributed by atoms with Crippen molar-refractivity contribution in [1.82, 2.24) is 15.0 Å². The lowest BCUT2D eigenvalue weighted by Crippen LogP contribution is -2.02. The standard InChI is InChI=1S/C11H13N3O2/c1-2-11-10(7-15)12-13-14(11)8-3-5-9(16)6-4-8/h3-6,15-16H,2,7H2,1H3. The van der Waals surface area contributed by atoms with E-state index in [0.29, 0.717) is 5.69 Å². The van der Waals surface area contributed by atoms with Crippen LogP contribution in [-0.4, -0.2) is 25.2 Å². The summed E-state index contributed by atoms with van der Waals surface area (Å²) in [5.41, 5.74) is 2.30. The first-order valence-corrected chi connectivity index (χ1v) is 5.10. The highest BCUT2D eigenvalue weighted by Crippen LogP contribution is 2.16. The molecule has 0 unspecified atom stereocenters. The van der Waals surface area contributed by atoms with E-state index in [1.165, 1.54) is 0 Å². The molecule has 1 aromatic heterocycles. The van der Waals surface area contributed by atoms with Crippen LogP contribution in [0.15, 0.2) is 24.3 Å². The minimum absolute atomic E-state index is 0.110. The number of phenols is 1. The van der Waals surface area contributed by atoms with E-state index in [4.69, 9.17) is 5.11 Å². The van der Waals surface area contributed by atoms with Crippen LogP contribution in [0.2, 0.25) is 0 Å². The van der Waals surface area contributed by atoms with Crippen LogP contribution in [-0.2, 0) is 13.0 Å². The van der Waals surface area contributed by atoms with Gasteiger partial charge >= 0.3 is 0 Å². The van der Waals surface area contributed by atoms with Gasteiger partial charge in [0, 0.05) is 0 Å². The van der Waals surface area contributed by atoms with Crippen molar-refractivity contribution < 1.29 is 10.2 Å². The van der Waals surface area contributed by atoms with Gasteiger partial charge < -0.3 is 10.2 Å². The smallest absolute Gasteiger partial charge is 0.115 e. The molecule has 5 heteroatoms. The largest absolute Gasteiger partial charge is 0.508 e. The van der Waals surface area contributed by atoms with Crippen molar-refractivity contribution in [3.63, 3.8) is 0 Å². The van der Waals surface area contributed by atoms with Crippen LogP contribution in [0.25, 0.3) is 5.69 Å². The molecule has 5 nitrogen and oxygen atoms in total. The Bertz CT molecular complexity index is 476. The molecule has 0 aliphatic rings.